The van der Waals surface area contributed by atoms with Gasteiger partial charge in [-0.15, -0.1) is 0 Å². The molecule has 0 aliphatic heterocycles. The van der Waals surface area contributed by atoms with E-state index in [2.05, 4.69) is 27.9 Å². The average molecular weight is 369 g/mol. The van der Waals surface area contributed by atoms with Gasteiger partial charge >= 0.3 is 0 Å². The average Bonchev–Trinajstić information content (AvgIpc) is 2.29. The number of rotatable bonds is 6. The van der Waals surface area contributed by atoms with Gasteiger partial charge < -0.3 is 15.8 Å². The van der Waals surface area contributed by atoms with Crippen molar-refractivity contribution in [1.82, 2.24) is 0 Å². The fourth-order valence-corrected chi connectivity index (χ4v) is 1.81. The number of carbonyl (C=O) groups excluding carboxylic acids is 1. The van der Waals surface area contributed by atoms with Crippen LogP contribution < -0.4 is 11.1 Å². The van der Waals surface area contributed by atoms with E-state index in [1.54, 1.807) is 6.07 Å². The van der Waals surface area contributed by atoms with Crippen LogP contribution >= 0.6 is 34.2 Å². The van der Waals surface area contributed by atoms with E-state index in [0.717, 1.165) is 3.57 Å². The highest BCUT2D eigenvalue weighted by Gasteiger charge is 2.06. The van der Waals surface area contributed by atoms with E-state index in [9.17, 15) is 4.79 Å². The van der Waals surface area contributed by atoms with Gasteiger partial charge in [0.2, 0.25) is 5.91 Å². The summed E-state index contributed by atoms with van der Waals surface area (Å²) in [6.45, 7) is 1.30. The Balaban J connectivity index is 2.42. The maximum atomic E-state index is 11.6. The second-order valence-electron chi connectivity index (χ2n) is 3.32. The Hall–Kier alpha value is -0.370. The molecule has 0 aromatic heterocycles. The molecule has 0 aliphatic rings. The number of hydrogen-bond donors (Lipinski definition) is 2. The lowest BCUT2D eigenvalue weighted by Crippen LogP contribution is -2.16. The second-order valence-corrected chi connectivity index (χ2v) is 4.98. The number of amides is 1. The standard InChI is InChI=1S/C11H14ClIN2O2/c12-9-2-1-8(13)7-10(9)15-11(16)3-5-17-6-4-14/h1-2,7H,3-6,14H2,(H,15,16). The van der Waals surface area contributed by atoms with Crippen molar-refractivity contribution in [2.24, 2.45) is 5.73 Å². The van der Waals surface area contributed by atoms with E-state index < -0.39 is 0 Å². The van der Waals surface area contributed by atoms with Gasteiger partial charge in [-0.1, -0.05) is 11.6 Å². The summed E-state index contributed by atoms with van der Waals surface area (Å²) in [5, 5.41) is 3.27. The molecule has 94 valence electrons. The van der Waals surface area contributed by atoms with Crippen LogP contribution in [0.4, 0.5) is 5.69 Å². The minimum atomic E-state index is -0.120. The highest BCUT2D eigenvalue weighted by molar-refractivity contribution is 14.1. The predicted octanol–water partition coefficient (Wildman–Crippen LogP) is 2.25. The lowest BCUT2D eigenvalue weighted by molar-refractivity contribution is -0.117. The molecule has 1 rings (SSSR count). The molecule has 0 aliphatic carbocycles. The first-order valence-corrected chi connectivity index (χ1v) is 6.62. The highest BCUT2D eigenvalue weighted by Crippen LogP contribution is 2.23. The van der Waals surface area contributed by atoms with Crippen molar-refractivity contribution < 1.29 is 9.53 Å². The first-order valence-electron chi connectivity index (χ1n) is 5.16. The lowest BCUT2D eigenvalue weighted by Gasteiger charge is -2.07. The van der Waals surface area contributed by atoms with Gasteiger partial charge in [0.05, 0.1) is 30.3 Å². The van der Waals surface area contributed by atoms with Crippen molar-refractivity contribution in [3.05, 3.63) is 26.8 Å². The Kier molecular flexibility index (Phi) is 6.79. The first kappa shape index (κ1) is 14.7. The van der Waals surface area contributed by atoms with Crippen LogP contribution in [0.3, 0.4) is 0 Å². The largest absolute Gasteiger partial charge is 0.380 e. The number of nitrogens with one attached hydrogen (secondary N) is 1. The monoisotopic (exact) mass is 368 g/mol. The van der Waals surface area contributed by atoms with Crippen LogP contribution in [0, 0.1) is 3.57 Å². The fourth-order valence-electron chi connectivity index (χ4n) is 1.16. The van der Waals surface area contributed by atoms with Gasteiger partial charge in [-0.3, -0.25) is 4.79 Å². The number of nitrogens with two attached hydrogens (primary N) is 1. The lowest BCUT2D eigenvalue weighted by atomic mass is 10.3. The van der Waals surface area contributed by atoms with E-state index >= 15 is 0 Å². The fraction of sp³-hybridized carbons (Fsp3) is 0.364. The van der Waals surface area contributed by atoms with Gasteiger partial charge in [0.25, 0.3) is 0 Å². The van der Waals surface area contributed by atoms with Crippen LogP contribution in [0.25, 0.3) is 0 Å². The van der Waals surface area contributed by atoms with Crippen molar-refractivity contribution in [3.8, 4) is 0 Å². The zero-order chi connectivity index (χ0) is 12.7. The Labute approximate surface area is 119 Å². The molecule has 0 fully saturated rings. The molecule has 3 N–H and O–H groups in total. The zero-order valence-electron chi connectivity index (χ0n) is 9.21. The van der Waals surface area contributed by atoms with E-state index in [-0.39, 0.29) is 5.91 Å². The SMILES string of the molecule is NCCOCCC(=O)Nc1cc(I)ccc1Cl. The molecule has 1 aromatic rings. The molecule has 17 heavy (non-hydrogen) atoms. The quantitative estimate of drug-likeness (QED) is 0.598. The smallest absolute Gasteiger partial charge is 0.226 e. The molecule has 0 heterocycles. The van der Waals surface area contributed by atoms with Gasteiger partial charge in [0.1, 0.15) is 0 Å². The minimum Gasteiger partial charge on any atom is -0.380 e. The number of halogens is 2. The first-order chi connectivity index (χ1) is 8.13. The third-order valence-corrected chi connectivity index (χ3v) is 2.94. The van der Waals surface area contributed by atoms with E-state index in [0.29, 0.717) is 36.9 Å². The third kappa shape index (κ3) is 5.67. The molecule has 0 saturated heterocycles. The van der Waals surface area contributed by atoms with Crippen molar-refractivity contribution in [2.75, 3.05) is 25.1 Å². The Morgan fingerprint density at radius 3 is 2.94 bits per heavy atom. The molecule has 0 unspecified atom stereocenters. The van der Waals surface area contributed by atoms with E-state index in [4.69, 9.17) is 22.1 Å². The van der Waals surface area contributed by atoms with Crippen LogP contribution in [0.15, 0.2) is 18.2 Å². The van der Waals surface area contributed by atoms with Gasteiger partial charge in [-0.2, -0.15) is 0 Å². The normalized spacial score (nSPS) is 10.3. The van der Waals surface area contributed by atoms with Gasteiger partial charge in [0, 0.05) is 10.1 Å². The molecule has 0 atom stereocenters. The van der Waals surface area contributed by atoms with Crippen LogP contribution in [0.1, 0.15) is 6.42 Å². The Bertz CT molecular complexity index is 388. The molecular formula is C11H14ClIN2O2. The summed E-state index contributed by atoms with van der Waals surface area (Å²) in [5.41, 5.74) is 5.89. The number of ether oxygens (including phenoxy) is 1. The van der Waals surface area contributed by atoms with Crippen LogP contribution in [0.2, 0.25) is 5.02 Å². The summed E-state index contributed by atoms with van der Waals surface area (Å²) in [6, 6.07) is 5.45. The summed E-state index contributed by atoms with van der Waals surface area (Å²) < 4.78 is 6.14. The molecule has 1 amide bonds. The summed E-state index contributed by atoms with van der Waals surface area (Å²) >= 11 is 8.12. The Morgan fingerprint density at radius 1 is 1.47 bits per heavy atom. The molecule has 0 spiro atoms. The maximum Gasteiger partial charge on any atom is 0.226 e. The number of anilines is 1. The van der Waals surface area contributed by atoms with Crippen LogP contribution in [0.5, 0.6) is 0 Å². The van der Waals surface area contributed by atoms with E-state index in [1.807, 2.05) is 12.1 Å². The summed E-state index contributed by atoms with van der Waals surface area (Å²) in [4.78, 5) is 11.6. The molecule has 0 radical (unpaired) electrons. The van der Waals surface area contributed by atoms with Crippen molar-refractivity contribution in [2.45, 2.75) is 6.42 Å². The molecule has 1 aromatic carbocycles. The Morgan fingerprint density at radius 2 is 2.24 bits per heavy atom. The minimum absolute atomic E-state index is 0.120. The van der Waals surface area contributed by atoms with Gasteiger partial charge in [-0.25, -0.2) is 0 Å². The van der Waals surface area contributed by atoms with Crippen LogP contribution in [-0.2, 0) is 9.53 Å². The van der Waals surface area contributed by atoms with Gasteiger partial charge in [-0.05, 0) is 40.8 Å². The number of hydrogen-bond acceptors (Lipinski definition) is 3. The molecule has 6 heteroatoms. The van der Waals surface area contributed by atoms with Gasteiger partial charge in [0.15, 0.2) is 0 Å². The summed E-state index contributed by atoms with van der Waals surface area (Å²) in [6.07, 6.45) is 0.293. The van der Waals surface area contributed by atoms with E-state index in [1.165, 1.54) is 0 Å². The van der Waals surface area contributed by atoms with Crippen molar-refractivity contribution in [1.29, 1.82) is 0 Å². The predicted molar refractivity (Wildman–Crippen MR) is 77.3 cm³/mol. The molecule has 0 saturated carbocycles. The topological polar surface area (TPSA) is 64.3 Å². The second kappa shape index (κ2) is 7.86. The molecule has 0 bridgehead atoms. The maximum absolute atomic E-state index is 11.6. The third-order valence-electron chi connectivity index (χ3n) is 1.94. The molecular weight excluding hydrogens is 354 g/mol. The summed E-state index contributed by atoms with van der Waals surface area (Å²) in [7, 11) is 0. The van der Waals surface area contributed by atoms with Crippen molar-refractivity contribution in [3.63, 3.8) is 0 Å². The molecule has 4 nitrogen and oxygen atoms in total. The highest BCUT2D eigenvalue weighted by atomic mass is 127. The van der Waals surface area contributed by atoms with Crippen molar-refractivity contribution >= 4 is 45.8 Å². The number of carbonyl (C=O) groups is 1. The number of benzene rings is 1. The summed E-state index contributed by atoms with van der Waals surface area (Å²) in [5.74, 6) is -0.120. The van der Waals surface area contributed by atoms with Crippen LogP contribution in [-0.4, -0.2) is 25.7 Å². The zero-order valence-corrected chi connectivity index (χ0v) is 12.1.